The van der Waals surface area contributed by atoms with E-state index in [-0.39, 0.29) is 11.8 Å². The van der Waals surface area contributed by atoms with Crippen molar-refractivity contribution in [2.45, 2.75) is 19.8 Å². The van der Waals surface area contributed by atoms with E-state index in [0.717, 1.165) is 0 Å². The second kappa shape index (κ2) is 6.71. The lowest BCUT2D eigenvalue weighted by Gasteiger charge is -2.14. The van der Waals surface area contributed by atoms with Crippen molar-refractivity contribution in [3.05, 3.63) is 0 Å². The minimum Gasteiger partial charge on any atom is -0.433 e. The van der Waals surface area contributed by atoms with E-state index >= 15 is 0 Å². The quantitative estimate of drug-likeness (QED) is 0.644. The zero-order valence-electron chi connectivity index (χ0n) is 7.88. The van der Waals surface area contributed by atoms with Crippen LogP contribution in [-0.4, -0.2) is 36.4 Å². The number of rotatable bonds is 5. The van der Waals surface area contributed by atoms with Crippen LogP contribution in [0, 0.1) is 0 Å². The number of alkyl halides is 1. The summed E-state index contributed by atoms with van der Waals surface area (Å²) in [5.41, 5.74) is 0. The van der Waals surface area contributed by atoms with Crippen molar-refractivity contribution in [1.82, 2.24) is 4.90 Å². The van der Waals surface area contributed by atoms with E-state index in [1.807, 2.05) is 0 Å². The van der Waals surface area contributed by atoms with E-state index < -0.39 is 6.09 Å². The molecular weight excluding hydrogens is 194 g/mol. The van der Waals surface area contributed by atoms with Crippen LogP contribution in [0.5, 0.6) is 0 Å². The molecule has 0 aliphatic rings. The Morgan fingerprint density at radius 2 is 2.08 bits per heavy atom. The molecule has 13 heavy (non-hydrogen) atoms. The first kappa shape index (κ1) is 12.2. The fraction of sp³-hybridized carbons (Fsp3) is 0.750. The Morgan fingerprint density at radius 3 is 2.54 bits per heavy atom. The normalized spacial score (nSPS) is 9.46. The number of hydrogen-bond donors (Lipinski definition) is 0. The lowest BCUT2D eigenvalue weighted by Crippen LogP contribution is -2.28. The van der Waals surface area contributed by atoms with Crippen molar-refractivity contribution in [2.75, 3.05) is 19.7 Å². The van der Waals surface area contributed by atoms with Crippen molar-refractivity contribution in [2.24, 2.45) is 0 Å². The number of ether oxygens (including phenoxy) is 1. The van der Waals surface area contributed by atoms with E-state index in [0.29, 0.717) is 19.4 Å². The Kier molecular flexibility index (Phi) is 6.32. The molecule has 0 aromatic heterocycles. The lowest BCUT2D eigenvalue weighted by molar-refractivity contribution is -0.117. The van der Waals surface area contributed by atoms with Gasteiger partial charge in [0.15, 0.2) is 6.07 Å². The molecule has 0 radical (unpaired) electrons. The van der Waals surface area contributed by atoms with Crippen molar-refractivity contribution in [1.29, 1.82) is 0 Å². The maximum atomic E-state index is 11.0. The molecular formula is C8H14ClNO3. The number of Topliss-reactive ketones (excluding diaryl/α,β-unsaturated/α-hetero) is 1. The van der Waals surface area contributed by atoms with Crippen molar-refractivity contribution >= 4 is 23.5 Å². The van der Waals surface area contributed by atoms with Crippen molar-refractivity contribution < 1.29 is 14.3 Å². The fourth-order valence-electron chi connectivity index (χ4n) is 0.813. The maximum absolute atomic E-state index is 11.0. The number of halogens is 1. The smallest absolute Gasteiger partial charge is 0.410 e. The highest BCUT2D eigenvalue weighted by Crippen LogP contribution is 1.97. The number of nitrogens with zero attached hydrogens (tertiary/aromatic N) is 1. The Balaban J connectivity index is 3.55. The third-order valence-electron chi connectivity index (χ3n) is 1.51. The Bertz CT molecular complexity index is 184. The average molecular weight is 208 g/mol. The van der Waals surface area contributed by atoms with Gasteiger partial charge in [-0.15, -0.1) is 0 Å². The van der Waals surface area contributed by atoms with Gasteiger partial charge in [-0.3, -0.25) is 0 Å². The van der Waals surface area contributed by atoms with Gasteiger partial charge in [0.25, 0.3) is 0 Å². The van der Waals surface area contributed by atoms with Gasteiger partial charge in [0.2, 0.25) is 0 Å². The van der Waals surface area contributed by atoms with Crippen molar-refractivity contribution in [3.8, 4) is 0 Å². The predicted octanol–water partition coefficient (Wildman–Crippen LogP) is 1.62. The Labute approximate surface area is 82.8 Å². The number of hydrogen-bond acceptors (Lipinski definition) is 3. The number of carbonyl (C=O) groups is 2. The van der Waals surface area contributed by atoms with Crippen LogP contribution in [0.4, 0.5) is 4.79 Å². The summed E-state index contributed by atoms with van der Waals surface area (Å²) in [4.78, 5) is 22.9. The first-order valence-electron chi connectivity index (χ1n) is 4.01. The molecule has 1 amide bonds. The molecule has 0 atom stereocenters. The van der Waals surface area contributed by atoms with Gasteiger partial charge < -0.3 is 14.4 Å². The van der Waals surface area contributed by atoms with E-state index in [1.165, 1.54) is 11.8 Å². The fourth-order valence-corrected chi connectivity index (χ4v) is 0.907. The molecule has 5 heteroatoms. The minimum absolute atomic E-state index is 0.124. The van der Waals surface area contributed by atoms with Crippen molar-refractivity contribution in [3.63, 3.8) is 0 Å². The molecule has 0 spiro atoms. The molecule has 0 aliphatic carbocycles. The van der Waals surface area contributed by atoms with Gasteiger partial charge in [-0.2, -0.15) is 0 Å². The molecule has 76 valence electrons. The standard InChI is InChI=1S/C8H14ClNO3/c1-7(11)4-3-5-10(2)8(12)13-6-9/h3-6H2,1-2H3. The summed E-state index contributed by atoms with van der Waals surface area (Å²) in [6.45, 7) is 2.03. The molecule has 0 aromatic carbocycles. The summed E-state index contributed by atoms with van der Waals surface area (Å²) in [5, 5.41) is 0. The Hall–Kier alpha value is -0.770. The van der Waals surface area contributed by atoms with Crippen LogP contribution in [0.2, 0.25) is 0 Å². The molecule has 0 aromatic rings. The van der Waals surface area contributed by atoms with Crippen LogP contribution < -0.4 is 0 Å². The highest BCUT2D eigenvalue weighted by molar-refractivity contribution is 6.17. The molecule has 0 bridgehead atoms. The van der Waals surface area contributed by atoms with Gasteiger partial charge in [0.05, 0.1) is 0 Å². The third kappa shape index (κ3) is 6.40. The number of carbonyl (C=O) groups excluding carboxylic acids is 2. The molecule has 0 aliphatic heterocycles. The second-order valence-electron chi connectivity index (χ2n) is 2.75. The zero-order valence-corrected chi connectivity index (χ0v) is 8.63. The topological polar surface area (TPSA) is 46.6 Å². The third-order valence-corrected chi connectivity index (χ3v) is 1.62. The molecule has 0 rings (SSSR count). The van der Waals surface area contributed by atoms with Crippen LogP contribution in [0.15, 0.2) is 0 Å². The second-order valence-corrected chi connectivity index (χ2v) is 2.96. The predicted molar refractivity (Wildman–Crippen MR) is 49.7 cm³/mol. The molecule has 0 fully saturated rings. The summed E-state index contributed by atoms with van der Waals surface area (Å²) in [5.74, 6) is 0.124. The highest BCUT2D eigenvalue weighted by atomic mass is 35.5. The minimum atomic E-state index is -0.460. The molecule has 0 saturated carbocycles. The summed E-state index contributed by atoms with van der Waals surface area (Å²) in [6, 6.07) is -0.143. The number of amides is 1. The summed E-state index contributed by atoms with van der Waals surface area (Å²) < 4.78 is 4.53. The lowest BCUT2D eigenvalue weighted by atomic mass is 10.2. The monoisotopic (exact) mass is 207 g/mol. The molecule has 0 heterocycles. The van der Waals surface area contributed by atoms with E-state index in [1.54, 1.807) is 7.05 Å². The number of ketones is 1. The van der Waals surface area contributed by atoms with E-state index in [4.69, 9.17) is 11.6 Å². The largest absolute Gasteiger partial charge is 0.433 e. The van der Waals surface area contributed by atoms with Crippen LogP contribution in [0.3, 0.4) is 0 Å². The summed E-state index contributed by atoms with van der Waals surface area (Å²) in [7, 11) is 1.61. The van der Waals surface area contributed by atoms with Crippen LogP contribution in [-0.2, 0) is 9.53 Å². The zero-order chi connectivity index (χ0) is 10.3. The van der Waals surface area contributed by atoms with Crippen LogP contribution in [0.1, 0.15) is 19.8 Å². The SMILES string of the molecule is CC(=O)CCCN(C)C(=O)OCCl. The average Bonchev–Trinajstić information content (AvgIpc) is 2.04. The van der Waals surface area contributed by atoms with Gasteiger partial charge in [-0.25, -0.2) is 4.79 Å². The first-order chi connectivity index (χ1) is 6.07. The summed E-state index contributed by atoms with van der Waals surface area (Å²) in [6.07, 6.45) is 0.681. The first-order valence-corrected chi connectivity index (χ1v) is 4.54. The van der Waals surface area contributed by atoms with Crippen LogP contribution in [0.25, 0.3) is 0 Å². The Morgan fingerprint density at radius 1 is 1.46 bits per heavy atom. The molecule has 0 N–H and O–H groups in total. The van der Waals surface area contributed by atoms with Gasteiger partial charge >= 0.3 is 6.09 Å². The van der Waals surface area contributed by atoms with E-state index in [2.05, 4.69) is 4.74 Å². The summed E-state index contributed by atoms with van der Waals surface area (Å²) >= 11 is 5.20. The van der Waals surface area contributed by atoms with Gasteiger partial charge in [-0.05, 0) is 13.3 Å². The van der Waals surface area contributed by atoms with Crippen LogP contribution >= 0.6 is 11.6 Å². The van der Waals surface area contributed by atoms with E-state index in [9.17, 15) is 9.59 Å². The van der Waals surface area contributed by atoms with Gasteiger partial charge in [-0.1, -0.05) is 11.6 Å². The highest BCUT2D eigenvalue weighted by Gasteiger charge is 2.08. The van der Waals surface area contributed by atoms with Gasteiger partial charge in [0.1, 0.15) is 5.78 Å². The molecule has 0 unspecified atom stereocenters. The molecule has 4 nitrogen and oxygen atoms in total. The molecule has 0 saturated heterocycles. The maximum Gasteiger partial charge on any atom is 0.410 e. The van der Waals surface area contributed by atoms with Gasteiger partial charge in [0, 0.05) is 20.0 Å².